The van der Waals surface area contributed by atoms with Crippen molar-refractivity contribution >= 4 is 22.6 Å². The monoisotopic (exact) mass is 286 g/mol. The van der Waals surface area contributed by atoms with Crippen LogP contribution in [0, 0.1) is 5.92 Å². The normalized spacial score (nSPS) is 13.9. The van der Waals surface area contributed by atoms with Crippen molar-refractivity contribution in [3.8, 4) is 6.01 Å². The largest absolute Gasteiger partial charge is 0.463 e. The third-order valence-corrected chi connectivity index (χ3v) is 3.54. The van der Waals surface area contributed by atoms with E-state index in [1.165, 1.54) is 0 Å². The predicted octanol–water partition coefficient (Wildman–Crippen LogP) is 2.03. The fourth-order valence-corrected chi connectivity index (χ4v) is 1.85. The predicted molar refractivity (Wildman–Crippen MR) is 76.4 cm³/mol. The van der Waals surface area contributed by atoms with Crippen LogP contribution in [0.5, 0.6) is 6.01 Å². The van der Waals surface area contributed by atoms with Crippen molar-refractivity contribution in [3.05, 3.63) is 0 Å². The smallest absolute Gasteiger partial charge is 0.330 e. The maximum atomic E-state index is 11.8. The second-order valence-corrected chi connectivity index (χ2v) is 5.24. The number of amides is 1. The first-order valence-corrected chi connectivity index (χ1v) is 7.38. The van der Waals surface area contributed by atoms with E-state index in [0.717, 1.165) is 30.8 Å². The molecule has 0 aliphatic heterocycles. The third-order valence-electron chi connectivity index (χ3n) is 2.93. The number of nitrogens with two attached hydrogens (primary N) is 1. The Labute approximate surface area is 117 Å². The van der Waals surface area contributed by atoms with Crippen LogP contribution in [0.15, 0.2) is 0 Å². The summed E-state index contributed by atoms with van der Waals surface area (Å²) in [6, 6.07) is -0.218. The van der Waals surface area contributed by atoms with Crippen LogP contribution in [0.4, 0.5) is 5.13 Å². The van der Waals surface area contributed by atoms with Crippen LogP contribution in [-0.2, 0) is 4.79 Å². The van der Waals surface area contributed by atoms with Crippen LogP contribution in [0.1, 0.15) is 40.0 Å². The Morgan fingerprint density at radius 3 is 2.89 bits per heavy atom. The molecule has 108 valence electrons. The highest BCUT2D eigenvalue weighted by Crippen LogP contribution is 2.17. The molecular formula is C12H22N4O2S. The lowest BCUT2D eigenvalue weighted by Gasteiger charge is -2.16. The summed E-state index contributed by atoms with van der Waals surface area (Å²) in [6.45, 7) is 6.62. The SMILES string of the molecule is CCCCOc1nsc(NC(=O)[C@@H](N)[C@@H](C)CC)n1. The molecule has 0 bridgehead atoms. The molecule has 6 nitrogen and oxygen atoms in total. The topological polar surface area (TPSA) is 90.1 Å². The van der Waals surface area contributed by atoms with E-state index in [4.69, 9.17) is 10.5 Å². The minimum absolute atomic E-state index is 0.133. The van der Waals surface area contributed by atoms with Gasteiger partial charge in [-0.2, -0.15) is 4.98 Å². The summed E-state index contributed by atoms with van der Waals surface area (Å²) in [5, 5.41) is 3.09. The zero-order chi connectivity index (χ0) is 14.3. The fraction of sp³-hybridized carbons (Fsp3) is 0.750. The number of nitrogens with one attached hydrogen (secondary N) is 1. The minimum atomic E-state index is -0.529. The molecule has 2 atom stereocenters. The lowest BCUT2D eigenvalue weighted by molar-refractivity contribution is -0.118. The number of carbonyl (C=O) groups is 1. The average molecular weight is 286 g/mol. The lowest BCUT2D eigenvalue weighted by atomic mass is 10.00. The molecular weight excluding hydrogens is 264 g/mol. The zero-order valence-corrected chi connectivity index (χ0v) is 12.5. The average Bonchev–Trinajstić information content (AvgIpc) is 2.84. The van der Waals surface area contributed by atoms with Crippen molar-refractivity contribution in [2.75, 3.05) is 11.9 Å². The summed E-state index contributed by atoms with van der Waals surface area (Å²) in [7, 11) is 0. The molecule has 0 aliphatic rings. The molecule has 1 heterocycles. The van der Waals surface area contributed by atoms with E-state index in [-0.39, 0.29) is 11.8 Å². The van der Waals surface area contributed by atoms with Crippen molar-refractivity contribution in [1.29, 1.82) is 0 Å². The molecule has 0 unspecified atom stereocenters. The van der Waals surface area contributed by atoms with Crippen LogP contribution < -0.4 is 15.8 Å². The van der Waals surface area contributed by atoms with Crippen molar-refractivity contribution < 1.29 is 9.53 Å². The molecule has 1 rings (SSSR count). The molecule has 0 aromatic carbocycles. The lowest BCUT2D eigenvalue weighted by Crippen LogP contribution is -2.40. The Balaban J connectivity index is 2.46. The minimum Gasteiger partial charge on any atom is -0.463 e. The number of rotatable bonds is 8. The quantitative estimate of drug-likeness (QED) is 0.714. The van der Waals surface area contributed by atoms with Crippen LogP contribution >= 0.6 is 11.5 Å². The van der Waals surface area contributed by atoms with Crippen molar-refractivity contribution in [3.63, 3.8) is 0 Å². The number of carbonyl (C=O) groups excluding carboxylic acids is 1. The molecule has 0 radical (unpaired) electrons. The molecule has 7 heteroatoms. The van der Waals surface area contributed by atoms with E-state index in [9.17, 15) is 4.79 Å². The van der Waals surface area contributed by atoms with Gasteiger partial charge < -0.3 is 10.5 Å². The molecule has 0 fully saturated rings. The van der Waals surface area contributed by atoms with Crippen LogP contribution in [0.25, 0.3) is 0 Å². The van der Waals surface area contributed by atoms with Crippen molar-refractivity contribution in [2.24, 2.45) is 11.7 Å². The number of aromatic nitrogens is 2. The number of hydrogen-bond donors (Lipinski definition) is 2. The molecule has 19 heavy (non-hydrogen) atoms. The van der Waals surface area contributed by atoms with Crippen LogP contribution in [0.3, 0.4) is 0 Å². The van der Waals surface area contributed by atoms with Gasteiger partial charge in [-0.05, 0) is 12.3 Å². The van der Waals surface area contributed by atoms with Gasteiger partial charge in [-0.1, -0.05) is 33.6 Å². The maximum Gasteiger partial charge on any atom is 0.330 e. The maximum absolute atomic E-state index is 11.8. The van der Waals surface area contributed by atoms with Gasteiger partial charge in [0.1, 0.15) is 0 Å². The summed E-state index contributed by atoms with van der Waals surface area (Å²) in [5.41, 5.74) is 5.84. The Morgan fingerprint density at radius 1 is 1.53 bits per heavy atom. The van der Waals surface area contributed by atoms with E-state index < -0.39 is 6.04 Å². The second kappa shape index (κ2) is 8.06. The van der Waals surface area contributed by atoms with Gasteiger partial charge in [0.05, 0.1) is 12.6 Å². The van der Waals surface area contributed by atoms with Crippen molar-refractivity contribution in [2.45, 2.75) is 46.1 Å². The van der Waals surface area contributed by atoms with E-state index in [1.807, 2.05) is 13.8 Å². The first-order chi connectivity index (χ1) is 9.08. The van der Waals surface area contributed by atoms with E-state index in [1.54, 1.807) is 0 Å². The highest BCUT2D eigenvalue weighted by atomic mass is 32.1. The molecule has 0 saturated carbocycles. The first-order valence-electron chi connectivity index (χ1n) is 6.61. The van der Waals surface area contributed by atoms with Gasteiger partial charge in [0.15, 0.2) is 0 Å². The Morgan fingerprint density at radius 2 is 2.26 bits per heavy atom. The zero-order valence-electron chi connectivity index (χ0n) is 11.7. The summed E-state index contributed by atoms with van der Waals surface area (Å²) < 4.78 is 9.36. The van der Waals surface area contributed by atoms with E-state index >= 15 is 0 Å². The Bertz CT molecular complexity index is 397. The van der Waals surface area contributed by atoms with Gasteiger partial charge in [-0.25, -0.2) is 0 Å². The number of hydrogen-bond acceptors (Lipinski definition) is 6. The molecule has 1 aromatic heterocycles. The van der Waals surface area contributed by atoms with Gasteiger partial charge in [0.2, 0.25) is 11.0 Å². The number of ether oxygens (including phenoxy) is 1. The molecule has 0 saturated heterocycles. The Hall–Kier alpha value is -1.21. The first kappa shape index (κ1) is 15.8. The summed E-state index contributed by atoms with van der Waals surface area (Å²) >= 11 is 1.10. The molecule has 3 N–H and O–H groups in total. The summed E-state index contributed by atoms with van der Waals surface area (Å²) in [4.78, 5) is 15.9. The molecule has 1 aromatic rings. The van der Waals surface area contributed by atoms with E-state index in [2.05, 4.69) is 21.6 Å². The highest BCUT2D eigenvalue weighted by Gasteiger charge is 2.20. The second-order valence-electron chi connectivity index (χ2n) is 4.48. The summed E-state index contributed by atoms with van der Waals surface area (Å²) in [5.74, 6) is -0.0983. The molecule has 1 amide bonds. The van der Waals surface area contributed by atoms with Gasteiger partial charge in [-0.3, -0.25) is 10.1 Å². The van der Waals surface area contributed by atoms with Crippen LogP contribution in [0.2, 0.25) is 0 Å². The van der Waals surface area contributed by atoms with Gasteiger partial charge >= 0.3 is 6.01 Å². The standard InChI is InChI=1S/C12H22N4O2S/c1-4-6-7-18-11-15-12(19-16-11)14-10(17)9(13)8(3)5-2/h8-9H,4-7,13H2,1-3H3,(H,14,15,16,17)/t8-,9-/m0/s1. The number of anilines is 1. The molecule has 0 spiro atoms. The van der Waals surface area contributed by atoms with Crippen molar-refractivity contribution in [1.82, 2.24) is 9.36 Å². The van der Waals surface area contributed by atoms with Crippen LogP contribution in [-0.4, -0.2) is 27.9 Å². The highest BCUT2D eigenvalue weighted by molar-refractivity contribution is 7.10. The van der Waals surface area contributed by atoms with Gasteiger partial charge in [-0.15, -0.1) is 4.37 Å². The summed E-state index contributed by atoms with van der Waals surface area (Å²) in [6.07, 6.45) is 2.87. The van der Waals surface area contributed by atoms with E-state index in [0.29, 0.717) is 17.7 Å². The van der Waals surface area contributed by atoms with Gasteiger partial charge in [0, 0.05) is 11.5 Å². The Kier molecular flexibility index (Phi) is 6.72. The molecule has 0 aliphatic carbocycles. The number of nitrogens with zero attached hydrogens (tertiary/aromatic N) is 2. The fourth-order valence-electron chi connectivity index (χ4n) is 1.33. The third kappa shape index (κ3) is 5.12. The number of unbranched alkanes of at least 4 members (excludes halogenated alkanes) is 1. The van der Waals surface area contributed by atoms with Gasteiger partial charge in [0.25, 0.3) is 0 Å².